The molecule has 2 amide bonds. The summed E-state index contributed by atoms with van der Waals surface area (Å²) in [7, 11) is 0. The molecule has 0 bridgehead atoms. The third-order valence-corrected chi connectivity index (χ3v) is 6.03. The van der Waals surface area contributed by atoms with E-state index in [4.69, 9.17) is 0 Å². The number of halogens is 4. The summed E-state index contributed by atoms with van der Waals surface area (Å²) >= 11 is 3.34. The molecule has 2 saturated heterocycles. The Hall–Kier alpha value is -2.39. The van der Waals surface area contributed by atoms with Crippen LogP contribution in [-0.4, -0.2) is 48.9 Å². The van der Waals surface area contributed by atoms with Crippen molar-refractivity contribution >= 4 is 39.1 Å². The van der Waals surface area contributed by atoms with Gasteiger partial charge in [-0.1, -0.05) is 22.0 Å². The summed E-state index contributed by atoms with van der Waals surface area (Å²) in [5.41, 5.74) is 0.372. The minimum atomic E-state index is -4.38. The van der Waals surface area contributed by atoms with E-state index in [1.54, 1.807) is 30.3 Å². The van der Waals surface area contributed by atoms with Crippen molar-refractivity contribution < 1.29 is 22.8 Å². The van der Waals surface area contributed by atoms with E-state index >= 15 is 0 Å². The number of anilines is 2. The fourth-order valence-corrected chi connectivity index (χ4v) is 4.20. The van der Waals surface area contributed by atoms with Gasteiger partial charge in [-0.3, -0.25) is 14.5 Å². The maximum absolute atomic E-state index is 13.0. The summed E-state index contributed by atoms with van der Waals surface area (Å²) in [5.74, 6) is -0.498. The van der Waals surface area contributed by atoms with E-state index in [0.717, 1.165) is 16.6 Å². The van der Waals surface area contributed by atoms with Crippen molar-refractivity contribution in [1.29, 1.82) is 0 Å². The van der Waals surface area contributed by atoms with E-state index < -0.39 is 17.8 Å². The molecule has 2 aromatic carbocycles. The molecule has 0 unspecified atom stereocenters. The van der Waals surface area contributed by atoms with Crippen molar-refractivity contribution in [3.05, 3.63) is 58.6 Å². The lowest BCUT2D eigenvalue weighted by molar-refractivity contribution is -0.137. The van der Waals surface area contributed by atoms with E-state index in [9.17, 15) is 22.8 Å². The molecule has 158 valence electrons. The topological polar surface area (TPSA) is 43.9 Å². The number of alkyl halides is 3. The molecule has 0 aliphatic carbocycles. The predicted octanol–water partition coefficient (Wildman–Crippen LogP) is 3.92. The summed E-state index contributed by atoms with van der Waals surface area (Å²) in [6.45, 7) is 1.96. The van der Waals surface area contributed by atoms with E-state index in [2.05, 4.69) is 15.9 Å². The largest absolute Gasteiger partial charge is 0.416 e. The van der Waals surface area contributed by atoms with Crippen LogP contribution in [0.4, 0.5) is 24.5 Å². The third kappa shape index (κ3) is 4.09. The molecule has 2 aliphatic rings. The molecule has 2 heterocycles. The molecule has 30 heavy (non-hydrogen) atoms. The quantitative estimate of drug-likeness (QED) is 0.623. The monoisotopic (exact) mass is 481 g/mol. The highest BCUT2D eigenvalue weighted by molar-refractivity contribution is 9.10. The Labute approximate surface area is 180 Å². The second-order valence-corrected chi connectivity index (χ2v) is 8.25. The van der Waals surface area contributed by atoms with Gasteiger partial charge in [0.25, 0.3) is 5.91 Å². The van der Waals surface area contributed by atoms with Gasteiger partial charge in [0.05, 0.1) is 23.7 Å². The predicted molar refractivity (Wildman–Crippen MR) is 110 cm³/mol. The van der Waals surface area contributed by atoms with Crippen LogP contribution < -0.4 is 9.80 Å². The van der Waals surface area contributed by atoms with Crippen molar-refractivity contribution in [3.8, 4) is 0 Å². The molecule has 0 spiro atoms. The molecule has 1 atom stereocenters. The number of nitrogens with zero attached hydrogens (tertiary/aromatic N) is 3. The minimum Gasteiger partial charge on any atom is -0.369 e. The average Bonchev–Trinajstić information content (AvgIpc) is 3.02. The van der Waals surface area contributed by atoms with Crippen LogP contribution in [0.3, 0.4) is 0 Å². The lowest BCUT2D eigenvalue weighted by Crippen LogP contribution is -2.52. The molecule has 2 aromatic rings. The first-order valence-corrected chi connectivity index (χ1v) is 10.3. The number of hydrogen-bond donors (Lipinski definition) is 0. The second-order valence-electron chi connectivity index (χ2n) is 7.33. The van der Waals surface area contributed by atoms with Gasteiger partial charge in [-0.25, -0.2) is 4.90 Å². The lowest BCUT2D eigenvalue weighted by atomic mass is 10.1. The van der Waals surface area contributed by atoms with Crippen molar-refractivity contribution in [3.63, 3.8) is 0 Å². The van der Waals surface area contributed by atoms with E-state index in [0.29, 0.717) is 37.6 Å². The molecule has 9 heteroatoms. The fraction of sp³-hybridized carbons (Fsp3) is 0.333. The first kappa shape index (κ1) is 20.9. The maximum Gasteiger partial charge on any atom is 0.416 e. The number of amides is 2. The normalized spacial score (nSPS) is 20.9. The van der Waals surface area contributed by atoms with Crippen LogP contribution in [0.5, 0.6) is 0 Å². The van der Waals surface area contributed by atoms with Gasteiger partial charge in [-0.05, 0) is 42.5 Å². The van der Waals surface area contributed by atoms with E-state index in [1.807, 2.05) is 9.80 Å². The molecule has 0 saturated carbocycles. The smallest absolute Gasteiger partial charge is 0.369 e. The Kier molecular flexibility index (Phi) is 5.59. The summed E-state index contributed by atoms with van der Waals surface area (Å²) in [4.78, 5) is 30.5. The SMILES string of the molecule is O=C1C[C@H](N2CCN(c3cccc(C(F)(F)F)c3)CC2)C(=O)N1c1ccc(Br)cc1. The van der Waals surface area contributed by atoms with Crippen LogP contribution in [0.25, 0.3) is 0 Å². The van der Waals surface area contributed by atoms with Crippen molar-refractivity contribution in [2.45, 2.75) is 18.6 Å². The Morgan fingerprint density at radius 1 is 0.900 bits per heavy atom. The zero-order valence-corrected chi connectivity index (χ0v) is 17.5. The number of carbonyl (C=O) groups excluding carboxylic acids is 2. The van der Waals surface area contributed by atoms with Gasteiger partial charge in [-0.2, -0.15) is 13.2 Å². The Bertz CT molecular complexity index is 957. The Morgan fingerprint density at radius 2 is 1.57 bits per heavy atom. The molecule has 2 fully saturated rings. The van der Waals surface area contributed by atoms with Crippen LogP contribution in [0.15, 0.2) is 53.0 Å². The van der Waals surface area contributed by atoms with Gasteiger partial charge in [0.15, 0.2) is 0 Å². The molecular weight excluding hydrogens is 463 g/mol. The number of benzene rings is 2. The summed E-state index contributed by atoms with van der Waals surface area (Å²) in [6, 6.07) is 11.7. The summed E-state index contributed by atoms with van der Waals surface area (Å²) < 4.78 is 39.8. The van der Waals surface area contributed by atoms with Gasteiger partial charge in [0.2, 0.25) is 5.91 Å². The first-order valence-electron chi connectivity index (χ1n) is 9.52. The Morgan fingerprint density at radius 3 is 2.20 bits per heavy atom. The van der Waals surface area contributed by atoms with Crippen molar-refractivity contribution in [2.75, 3.05) is 36.0 Å². The number of carbonyl (C=O) groups is 2. The highest BCUT2D eigenvalue weighted by Gasteiger charge is 2.43. The van der Waals surface area contributed by atoms with Crippen molar-refractivity contribution in [2.24, 2.45) is 0 Å². The highest BCUT2D eigenvalue weighted by atomic mass is 79.9. The Balaban J connectivity index is 1.43. The number of piperazine rings is 1. The zero-order valence-electron chi connectivity index (χ0n) is 15.9. The van der Waals surface area contributed by atoms with Gasteiger partial charge >= 0.3 is 6.18 Å². The number of hydrogen-bond acceptors (Lipinski definition) is 4. The lowest BCUT2D eigenvalue weighted by Gasteiger charge is -2.38. The number of imide groups is 1. The van der Waals surface area contributed by atoms with E-state index in [1.165, 1.54) is 11.0 Å². The molecule has 4 rings (SSSR count). The fourth-order valence-electron chi connectivity index (χ4n) is 3.93. The van der Waals surface area contributed by atoms with Crippen LogP contribution in [-0.2, 0) is 15.8 Å². The first-order chi connectivity index (χ1) is 14.2. The highest BCUT2D eigenvalue weighted by Crippen LogP contribution is 2.32. The molecular formula is C21H19BrF3N3O2. The standard InChI is InChI=1S/C21H19BrF3N3O2/c22-15-4-6-16(7-5-15)28-19(29)13-18(20(28)30)27-10-8-26(9-11-27)17-3-1-2-14(12-17)21(23,24)25/h1-7,12,18H,8-11,13H2/t18-/m0/s1. The van der Waals surface area contributed by atoms with Crippen LogP contribution >= 0.6 is 15.9 Å². The molecule has 5 nitrogen and oxygen atoms in total. The van der Waals surface area contributed by atoms with Gasteiger partial charge in [0.1, 0.15) is 0 Å². The van der Waals surface area contributed by atoms with Crippen LogP contribution in [0.1, 0.15) is 12.0 Å². The van der Waals surface area contributed by atoms with Gasteiger partial charge < -0.3 is 4.90 Å². The van der Waals surface area contributed by atoms with Gasteiger partial charge in [-0.15, -0.1) is 0 Å². The van der Waals surface area contributed by atoms with Crippen LogP contribution in [0.2, 0.25) is 0 Å². The molecule has 2 aliphatic heterocycles. The summed E-state index contributed by atoms with van der Waals surface area (Å²) in [6.07, 6.45) is -4.27. The molecule has 0 aromatic heterocycles. The molecule has 0 radical (unpaired) electrons. The maximum atomic E-state index is 13.0. The summed E-state index contributed by atoms with van der Waals surface area (Å²) in [5, 5.41) is 0. The zero-order chi connectivity index (χ0) is 21.5. The van der Waals surface area contributed by atoms with Gasteiger partial charge in [0, 0.05) is 36.3 Å². The minimum absolute atomic E-state index is 0.110. The average molecular weight is 482 g/mol. The van der Waals surface area contributed by atoms with Crippen LogP contribution in [0, 0.1) is 0 Å². The number of rotatable bonds is 3. The van der Waals surface area contributed by atoms with Crippen molar-refractivity contribution in [1.82, 2.24) is 4.90 Å². The van der Waals surface area contributed by atoms with E-state index in [-0.39, 0.29) is 18.2 Å². The third-order valence-electron chi connectivity index (χ3n) is 5.50. The molecule has 0 N–H and O–H groups in total. The second kappa shape index (κ2) is 8.03.